The van der Waals surface area contributed by atoms with Gasteiger partial charge in [-0.15, -0.1) is 0 Å². The highest BCUT2D eigenvalue weighted by Crippen LogP contribution is 2.25. The van der Waals surface area contributed by atoms with Crippen LogP contribution in [0.15, 0.2) is 24.5 Å². The van der Waals surface area contributed by atoms with Crippen molar-refractivity contribution in [3.05, 3.63) is 41.2 Å². The molecule has 0 aliphatic heterocycles. The van der Waals surface area contributed by atoms with Gasteiger partial charge < -0.3 is 10.6 Å². The minimum absolute atomic E-state index is 0.806. The molecule has 0 aliphatic rings. The van der Waals surface area contributed by atoms with Crippen molar-refractivity contribution >= 4 is 17.3 Å². The maximum absolute atomic E-state index is 4.26. The summed E-state index contributed by atoms with van der Waals surface area (Å²) >= 11 is 0. The molecular formula is C15H20N4. The van der Waals surface area contributed by atoms with Crippen LogP contribution in [0.5, 0.6) is 0 Å². The van der Waals surface area contributed by atoms with E-state index in [0.29, 0.717) is 0 Å². The first-order valence-corrected chi connectivity index (χ1v) is 6.51. The molecule has 0 amide bonds. The Kier molecular flexibility index (Phi) is 4.00. The molecule has 0 saturated carbocycles. The van der Waals surface area contributed by atoms with Crippen molar-refractivity contribution in [1.29, 1.82) is 0 Å². The molecule has 0 atom stereocenters. The highest BCUT2D eigenvalue weighted by atomic mass is 15.1. The van der Waals surface area contributed by atoms with Crippen LogP contribution >= 0.6 is 0 Å². The van der Waals surface area contributed by atoms with Gasteiger partial charge in [-0.1, -0.05) is 17.7 Å². The van der Waals surface area contributed by atoms with Gasteiger partial charge in [0.1, 0.15) is 18.0 Å². The molecule has 1 aromatic carbocycles. The molecular weight excluding hydrogens is 236 g/mol. The Hall–Kier alpha value is -2.10. The van der Waals surface area contributed by atoms with E-state index in [2.05, 4.69) is 53.5 Å². The SMILES string of the molecule is CCNc1cc(Nc2c(C)cc(C)cc2C)ncn1. The van der Waals surface area contributed by atoms with Gasteiger partial charge >= 0.3 is 0 Å². The zero-order valence-corrected chi connectivity index (χ0v) is 11.9. The largest absolute Gasteiger partial charge is 0.370 e. The number of hydrogen-bond donors (Lipinski definition) is 2. The zero-order valence-electron chi connectivity index (χ0n) is 11.9. The van der Waals surface area contributed by atoms with E-state index in [1.165, 1.54) is 16.7 Å². The number of aryl methyl sites for hydroxylation is 3. The second-order valence-electron chi connectivity index (χ2n) is 4.72. The van der Waals surface area contributed by atoms with Gasteiger partial charge in [0.25, 0.3) is 0 Å². The van der Waals surface area contributed by atoms with Crippen LogP contribution in [0, 0.1) is 20.8 Å². The summed E-state index contributed by atoms with van der Waals surface area (Å²) in [4.78, 5) is 8.43. The van der Waals surface area contributed by atoms with Crippen LogP contribution in [0.3, 0.4) is 0 Å². The fraction of sp³-hybridized carbons (Fsp3) is 0.333. The quantitative estimate of drug-likeness (QED) is 0.878. The first kappa shape index (κ1) is 13.3. The average molecular weight is 256 g/mol. The lowest BCUT2D eigenvalue weighted by molar-refractivity contribution is 1.11. The van der Waals surface area contributed by atoms with Gasteiger partial charge in [-0.2, -0.15) is 0 Å². The highest BCUT2D eigenvalue weighted by Gasteiger charge is 2.05. The summed E-state index contributed by atoms with van der Waals surface area (Å²) in [7, 11) is 0. The van der Waals surface area contributed by atoms with Gasteiger partial charge in [0.2, 0.25) is 0 Å². The standard InChI is InChI=1S/C15H20N4/c1-5-16-13-8-14(18-9-17-13)19-15-11(3)6-10(2)7-12(15)4/h6-9H,5H2,1-4H3,(H2,16,17,18,19). The van der Waals surface area contributed by atoms with Crippen molar-refractivity contribution in [3.8, 4) is 0 Å². The lowest BCUT2D eigenvalue weighted by Crippen LogP contribution is -2.03. The molecule has 0 spiro atoms. The Morgan fingerprint density at radius 2 is 1.58 bits per heavy atom. The summed E-state index contributed by atoms with van der Waals surface area (Å²) in [5.74, 6) is 1.64. The normalized spacial score (nSPS) is 10.3. The van der Waals surface area contributed by atoms with E-state index in [1.807, 2.05) is 13.0 Å². The maximum Gasteiger partial charge on any atom is 0.135 e. The first-order valence-electron chi connectivity index (χ1n) is 6.51. The van der Waals surface area contributed by atoms with E-state index in [0.717, 1.165) is 23.9 Å². The maximum atomic E-state index is 4.26. The molecule has 2 rings (SSSR count). The van der Waals surface area contributed by atoms with E-state index in [4.69, 9.17) is 0 Å². The van der Waals surface area contributed by atoms with Crippen molar-refractivity contribution in [2.75, 3.05) is 17.2 Å². The molecule has 100 valence electrons. The summed E-state index contributed by atoms with van der Waals surface area (Å²) in [5, 5.41) is 6.56. The molecule has 1 heterocycles. The van der Waals surface area contributed by atoms with Crippen LogP contribution in [-0.2, 0) is 0 Å². The summed E-state index contributed by atoms with van der Waals surface area (Å²) in [6.45, 7) is 9.21. The van der Waals surface area contributed by atoms with Crippen molar-refractivity contribution < 1.29 is 0 Å². The Morgan fingerprint density at radius 1 is 0.947 bits per heavy atom. The number of anilines is 3. The van der Waals surface area contributed by atoms with E-state index in [-0.39, 0.29) is 0 Å². The Labute approximate surface area is 114 Å². The van der Waals surface area contributed by atoms with Crippen LogP contribution in [0.4, 0.5) is 17.3 Å². The smallest absolute Gasteiger partial charge is 0.135 e. The fourth-order valence-corrected chi connectivity index (χ4v) is 2.21. The molecule has 0 unspecified atom stereocenters. The summed E-state index contributed by atoms with van der Waals surface area (Å²) in [5.41, 5.74) is 4.84. The van der Waals surface area contributed by atoms with E-state index in [9.17, 15) is 0 Å². The van der Waals surface area contributed by atoms with Gasteiger partial charge in [0.05, 0.1) is 0 Å². The predicted molar refractivity (Wildman–Crippen MR) is 80.1 cm³/mol. The van der Waals surface area contributed by atoms with Gasteiger partial charge in [-0.25, -0.2) is 9.97 Å². The molecule has 4 heteroatoms. The average Bonchev–Trinajstić information content (AvgIpc) is 2.35. The monoisotopic (exact) mass is 256 g/mol. The third kappa shape index (κ3) is 3.22. The predicted octanol–water partition coefficient (Wildman–Crippen LogP) is 3.58. The molecule has 0 aliphatic carbocycles. The molecule has 0 fully saturated rings. The Balaban J connectivity index is 2.28. The molecule has 4 nitrogen and oxygen atoms in total. The summed E-state index contributed by atoms with van der Waals surface area (Å²) in [6, 6.07) is 6.26. The molecule has 19 heavy (non-hydrogen) atoms. The lowest BCUT2D eigenvalue weighted by Gasteiger charge is -2.13. The summed E-state index contributed by atoms with van der Waals surface area (Å²) in [6.07, 6.45) is 1.57. The second kappa shape index (κ2) is 5.69. The molecule has 0 bridgehead atoms. The van der Waals surface area contributed by atoms with Gasteiger partial charge in [-0.05, 0) is 38.8 Å². The Morgan fingerprint density at radius 3 is 2.21 bits per heavy atom. The summed E-state index contributed by atoms with van der Waals surface area (Å²) < 4.78 is 0. The van der Waals surface area contributed by atoms with Crippen LogP contribution in [-0.4, -0.2) is 16.5 Å². The first-order chi connectivity index (χ1) is 9.10. The van der Waals surface area contributed by atoms with Crippen LogP contribution in [0.2, 0.25) is 0 Å². The number of aromatic nitrogens is 2. The van der Waals surface area contributed by atoms with Gasteiger partial charge in [0, 0.05) is 18.3 Å². The van der Waals surface area contributed by atoms with Gasteiger partial charge in [-0.3, -0.25) is 0 Å². The number of nitrogens with one attached hydrogen (secondary N) is 2. The minimum Gasteiger partial charge on any atom is -0.370 e. The number of benzene rings is 1. The van der Waals surface area contributed by atoms with Crippen molar-refractivity contribution in [2.45, 2.75) is 27.7 Å². The zero-order chi connectivity index (χ0) is 13.8. The fourth-order valence-electron chi connectivity index (χ4n) is 2.21. The van der Waals surface area contributed by atoms with Gasteiger partial charge in [0.15, 0.2) is 0 Å². The molecule has 0 radical (unpaired) electrons. The van der Waals surface area contributed by atoms with E-state index in [1.54, 1.807) is 6.33 Å². The molecule has 2 aromatic rings. The molecule has 1 aromatic heterocycles. The van der Waals surface area contributed by atoms with Crippen molar-refractivity contribution in [1.82, 2.24) is 9.97 Å². The van der Waals surface area contributed by atoms with Crippen LogP contribution < -0.4 is 10.6 Å². The number of hydrogen-bond acceptors (Lipinski definition) is 4. The molecule has 0 saturated heterocycles. The third-order valence-corrected chi connectivity index (χ3v) is 2.96. The number of rotatable bonds is 4. The highest BCUT2D eigenvalue weighted by molar-refractivity contribution is 5.66. The molecule has 2 N–H and O–H groups in total. The number of nitrogens with zero attached hydrogens (tertiary/aromatic N) is 2. The van der Waals surface area contributed by atoms with E-state index < -0.39 is 0 Å². The van der Waals surface area contributed by atoms with E-state index >= 15 is 0 Å². The van der Waals surface area contributed by atoms with Crippen LogP contribution in [0.1, 0.15) is 23.6 Å². The third-order valence-electron chi connectivity index (χ3n) is 2.96. The topological polar surface area (TPSA) is 49.8 Å². The second-order valence-corrected chi connectivity index (χ2v) is 4.72. The lowest BCUT2D eigenvalue weighted by atomic mass is 10.1. The van der Waals surface area contributed by atoms with Crippen LogP contribution in [0.25, 0.3) is 0 Å². The van der Waals surface area contributed by atoms with Crippen molar-refractivity contribution in [2.24, 2.45) is 0 Å². The Bertz CT molecular complexity index is 555. The minimum atomic E-state index is 0.806. The van der Waals surface area contributed by atoms with Crippen molar-refractivity contribution in [3.63, 3.8) is 0 Å².